The molecule has 1 heterocycles. The zero-order valence-electron chi connectivity index (χ0n) is 8.16. The first kappa shape index (κ1) is 11.6. The Morgan fingerprint density at radius 3 is 2.56 bits per heavy atom. The molecule has 1 fully saturated rings. The van der Waals surface area contributed by atoms with Crippen LogP contribution in [0.15, 0.2) is 18.2 Å². The van der Waals surface area contributed by atoms with Gasteiger partial charge in [0.15, 0.2) is 6.29 Å². The molecular formula is C10H9ClF2O3. The van der Waals surface area contributed by atoms with E-state index in [1.807, 2.05) is 0 Å². The molecule has 0 unspecified atom stereocenters. The van der Waals surface area contributed by atoms with Gasteiger partial charge in [0.05, 0.1) is 13.2 Å². The van der Waals surface area contributed by atoms with Gasteiger partial charge < -0.3 is 14.2 Å². The van der Waals surface area contributed by atoms with Crippen LogP contribution in [0, 0.1) is 0 Å². The summed E-state index contributed by atoms with van der Waals surface area (Å²) in [6.07, 6.45) is -0.557. The van der Waals surface area contributed by atoms with Crippen LogP contribution in [0.3, 0.4) is 0 Å². The number of rotatable bonds is 3. The van der Waals surface area contributed by atoms with Gasteiger partial charge in [0, 0.05) is 10.6 Å². The van der Waals surface area contributed by atoms with Crippen molar-refractivity contribution < 1.29 is 23.0 Å². The van der Waals surface area contributed by atoms with E-state index < -0.39 is 12.9 Å². The maximum absolute atomic E-state index is 12.0. The molecule has 0 saturated carbocycles. The van der Waals surface area contributed by atoms with Gasteiger partial charge in [0.2, 0.25) is 0 Å². The molecule has 0 amide bonds. The molecular weight excluding hydrogens is 242 g/mol. The van der Waals surface area contributed by atoms with Gasteiger partial charge >= 0.3 is 6.61 Å². The van der Waals surface area contributed by atoms with E-state index in [1.165, 1.54) is 12.1 Å². The van der Waals surface area contributed by atoms with Crippen LogP contribution in [0.2, 0.25) is 5.02 Å². The van der Waals surface area contributed by atoms with E-state index in [0.29, 0.717) is 23.8 Å². The number of halogens is 3. The molecule has 1 saturated heterocycles. The fourth-order valence-electron chi connectivity index (χ4n) is 1.44. The zero-order chi connectivity index (χ0) is 11.5. The molecule has 0 atom stereocenters. The fraction of sp³-hybridized carbons (Fsp3) is 0.400. The van der Waals surface area contributed by atoms with Crippen LogP contribution in [-0.4, -0.2) is 19.8 Å². The molecule has 0 bridgehead atoms. The third-order valence-electron chi connectivity index (χ3n) is 2.01. The first-order valence-electron chi connectivity index (χ1n) is 4.63. The van der Waals surface area contributed by atoms with Crippen LogP contribution in [0.5, 0.6) is 5.75 Å². The van der Waals surface area contributed by atoms with Crippen molar-refractivity contribution in [1.29, 1.82) is 0 Å². The molecule has 2 rings (SSSR count). The topological polar surface area (TPSA) is 27.7 Å². The van der Waals surface area contributed by atoms with Gasteiger partial charge in [-0.1, -0.05) is 11.6 Å². The Bertz CT molecular complexity index is 367. The highest BCUT2D eigenvalue weighted by atomic mass is 35.5. The van der Waals surface area contributed by atoms with E-state index in [9.17, 15) is 8.78 Å². The monoisotopic (exact) mass is 250 g/mol. The van der Waals surface area contributed by atoms with E-state index in [1.54, 1.807) is 6.07 Å². The lowest BCUT2D eigenvalue weighted by Crippen LogP contribution is -2.04. The molecule has 0 aromatic heterocycles. The molecule has 1 aliphatic heterocycles. The van der Waals surface area contributed by atoms with E-state index in [-0.39, 0.29) is 5.75 Å². The molecule has 16 heavy (non-hydrogen) atoms. The van der Waals surface area contributed by atoms with Gasteiger partial charge in [-0.15, -0.1) is 0 Å². The summed E-state index contributed by atoms with van der Waals surface area (Å²) in [6.45, 7) is -1.93. The van der Waals surface area contributed by atoms with Gasteiger partial charge in [-0.05, 0) is 18.2 Å². The van der Waals surface area contributed by atoms with E-state index >= 15 is 0 Å². The van der Waals surface area contributed by atoms with Crippen LogP contribution in [-0.2, 0) is 9.47 Å². The Morgan fingerprint density at radius 1 is 1.25 bits per heavy atom. The minimum atomic E-state index is -2.88. The van der Waals surface area contributed by atoms with Crippen molar-refractivity contribution in [2.24, 2.45) is 0 Å². The largest absolute Gasteiger partial charge is 0.435 e. The summed E-state index contributed by atoms with van der Waals surface area (Å²) in [4.78, 5) is 0. The zero-order valence-corrected chi connectivity index (χ0v) is 8.92. The highest BCUT2D eigenvalue weighted by molar-refractivity contribution is 6.30. The van der Waals surface area contributed by atoms with Crippen molar-refractivity contribution in [3.05, 3.63) is 28.8 Å². The number of benzene rings is 1. The lowest BCUT2D eigenvalue weighted by molar-refractivity contribution is -0.0532. The number of alkyl halides is 2. The minimum Gasteiger partial charge on any atom is -0.435 e. The Labute approximate surface area is 95.9 Å². The normalized spacial score (nSPS) is 17.0. The SMILES string of the molecule is FC(F)Oc1cc(Cl)cc(C2OCCO2)c1. The Hall–Kier alpha value is -0.910. The fourth-order valence-corrected chi connectivity index (χ4v) is 1.68. The minimum absolute atomic E-state index is 0.00315. The van der Waals surface area contributed by atoms with Crippen LogP contribution >= 0.6 is 11.6 Å². The third-order valence-corrected chi connectivity index (χ3v) is 2.23. The lowest BCUT2D eigenvalue weighted by atomic mass is 10.2. The predicted molar refractivity (Wildman–Crippen MR) is 52.7 cm³/mol. The molecule has 0 spiro atoms. The Kier molecular flexibility index (Phi) is 3.58. The average molecular weight is 251 g/mol. The van der Waals surface area contributed by atoms with Crippen molar-refractivity contribution >= 4 is 11.6 Å². The third kappa shape index (κ3) is 2.81. The molecule has 88 valence electrons. The first-order chi connectivity index (χ1) is 7.65. The molecule has 0 N–H and O–H groups in total. The standard InChI is InChI=1S/C10H9ClF2O3/c11-7-3-6(9-14-1-2-15-9)4-8(5-7)16-10(12)13/h3-5,9-10H,1-2H2. The maximum Gasteiger partial charge on any atom is 0.387 e. The van der Waals surface area contributed by atoms with Crippen LogP contribution in [0.25, 0.3) is 0 Å². The molecule has 3 nitrogen and oxygen atoms in total. The van der Waals surface area contributed by atoms with Crippen molar-refractivity contribution in [3.8, 4) is 5.75 Å². The lowest BCUT2D eigenvalue weighted by Gasteiger charge is -2.12. The highest BCUT2D eigenvalue weighted by Crippen LogP contribution is 2.30. The Balaban J connectivity index is 2.20. The summed E-state index contributed by atoms with van der Waals surface area (Å²) >= 11 is 5.78. The quantitative estimate of drug-likeness (QED) is 0.825. The second kappa shape index (κ2) is 4.95. The number of hydrogen-bond donors (Lipinski definition) is 0. The summed E-state index contributed by atoms with van der Waals surface area (Å²) in [5.41, 5.74) is 0.570. The van der Waals surface area contributed by atoms with Crippen LogP contribution in [0.1, 0.15) is 11.9 Å². The Morgan fingerprint density at radius 2 is 1.94 bits per heavy atom. The van der Waals surface area contributed by atoms with Gasteiger partial charge in [0.25, 0.3) is 0 Å². The number of hydrogen-bond acceptors (Lipinski definition) is 3. The predicted octanol–water partition coefficient (Wildman–Crippen LogP) is 2.99. The van der Waals surface area contributed by atoms with Crippen molar-refractivity contribution in [1.82, 2.24) is 0 Å². The summed E-state index contributed by atoms with van der Waals surface area (Å²) in [5.74, 6) is -0.00315. The summed E-state index contributed by atoms with van der Waals surface area (Å²) in [7, 11) is 0. The van der Waals surface area contributed by atoms with Crippen LogP contribution in [0.4, 0.5) is 8.78 Å². The smallest absolute Gasteiger partial charge is 0.387 e. The highest BCUT2D eigenvalue weighted by Gasteiger charge is 2.20. The summed E-state index contributed by atoms with van der Waals surface area (Å²) in [5, 5.41) is 0.298. The van der Waals surface area contributed by atoms with Gasteiger partial charge in [-0.2, -0.15) is 8.78 Å². The summed E-state index contributed by atoms with van der Waals surface area (Å²) < 4.78 is 38.8. The van der Waals surface area contributed by atoms with Crippen LogP contribution < -0.4 is 4.74 Å². The van der Waals surface area contributed by atoms with Crippen molar-refractivity contribution in [2.45, 2.75) is 12.9 Å². The maximum atomic E-state index is 12.0. The van der Waals surface area contributed by atoms with Gasteiger partial charge in [0.1, 0.15) is 5.75 Å². The van der Waals surface area contributed by atoms with E-state index in [2.05, 4.69) is 4.74 Å². The molecule has 0 aliphatic carbocycles. The van der Waals surface area contributed by atoms with Crippen molar-refractivity contribution in [2.75, 3.05) is 13.2 Å². The van der Waals surface area contributed by atoms with E-state index in [0.717, 1.165) is 0 Å². The van der Waals surface area contributed by atoms with Gasteiger partial charge in [-0.3, -0.25) is 0 Å². The molecule has 6 heteroatoms. The first-order valence-corrected chi connectivity index (χ1v) is 5.01. The van der Waals surface area contributed by atoms with Gasteiger partial charge in [-0.25, -0.2) is 0 Å². The summed E-state index contributed by atoms with van der Waals surface area (Å²) in [6, 6.07) is 4.33. The molecule has 1 aromatic rings. The average Bonchev–Trinajstić information content (AvgIpc) is 2.67. The molecule has 1 aromatic carbocycles. The number of ether oxygens (including phenoxy) is 3. The second-order valence-corrected chi connectivity index (χ2v) is 3.61. The second-order valence-electron chi connectivity index (χ2n) is 3.17. The molecule has 1 aliphatic rings. The van der Waals surface area contributed by atoms with Crippen molar-refractivity contribution in [3.63, 3.8) is 0 Å². The molecule has 0 radical (unpaired) electrons. The van der Waals surface area contributed by atoms with E-state index in [4.69, 9.17) is 21.1 Å².